The molecule has 2 atom stereocenters. The van der Waals surface area contributed by atoms with Gasteiger partial charge in [0.05, 0.1) is 12.7 Å². The number of hydrogen-bond donors (Lipinski definition) is 2. The molecule has 0 aromatic carbocycles. The van der Waals surface area contributed by atoms with Gasteiger partial charge in [0.15, 0.2) is 0 Å². The molecule has 94 valence electrons. The Kier molecular flexibility index (Phi) is 6.37. The van der Waals surface area contributed by atoms with Crippen LogP contribution in [-0.2, 0) is 14.3 Å². The molecule has 0 spiro atoms. The molecule has 1 aliphatic carbocycles. The lowest BCUT2D eigenvalue weighted by molar-refractivity contribution is -0.128. The van der Waals surface area contributed by atoms with Crippen molar-refractivity contribution in [1.29, 1.82) is 0 Å². The van der Waals surface area contributed by atoms with Crippen molar-refractivity contribution in [3.63, 3.8) is 0 Å². The van der Waals surface area contributed by atoms with E-state index in [0.29, 0.717) is 13.2 Å². The lowest BCUT2D eigenvalue weighted by Gasteiger charge is -2.26. The largest absolute Gasteiger partial charge is 0.383 e. The molecule has 0 aromatic rings. The van der Waals surface area contributed by atoms with Gasteiger partial charge in [-0.3, -0.25) is 4.79 Å². The fourth-order valence-electron chi connectivity index (χ4n) is 1.87. The van der Waals surface area contributed by atoms with E-state index in [9.17, 15) is 4.79 Å². The summed E-state index contributed by atoms with van der Waals surface area (Å²) in [6.07, 6.45) is 4.19. The summed E-state index contributed by atoms with van der Waals surface area (Å²) < 4.78 is 10.3. The SMILES string of the molecule is COCCNC(=O)COC1CCCC(N)C1. The molecule has 0 bridgehead atoms. The molecule has 1 rings (SSSR count). The Morgan fingerprint density at radius 2 is 2.31 bits per heavy atom. The maximum Gasteiger partial charge on any atom is 0.246 e. The van der Waals surface area contributed by atoms with Gasteiger partial charge in [-0.05, 0) is 25.7 Å². The Bertz CT molecular complexity index is 211. The molecule has 0 aromatic heterocycles. The van der Waals surface area contributed by atoms with Crippen molar-refractivity contribution >= 4 is 5.91 Å². The van der Waals surface area contributed by atoms with Gasteiger partial charge in [-0.25, -0.2) is 0 Å². The highest BCUT2D eigenvalue weighted by atomic mass is 16.5. The van der Waals surface area contributed by atoms with Crippen LogP contribution in [0.25, 0.3) is 0 Å². The van der Waals surface area contributed by atoms with Crippen LogP contribution in [0.4, 0.5) is 0 Å². The van der Waals surface area contributed by atoms with Crippen molar-refractivity contribution in [2.75, 3.05) is 26.9 Å². The Labute approximate surface area is 96.7 Å². The number of amides is 1. The summed E-state index contributed by atoms with van der Waals surface area (Å²) in [4.78, 5) is 11.3. The van der Waals surface area contributed by atoms with Gasteiger partial charge in [0.2, 0.25) is 5.91 Å². The summed E-state index contributed by atoms with van der Waals surface area (Å²) in [5.41, 5.74) is 5.83. The first-order valence-corrected chi connectivity index (χ1v) is 5.85. The monoisotopic (exact) mass is 230 g/mol. The molecule has 1 amide bonds. The molecule has 3 N–H and O–H groups in total. The van der Waals surface area contributed by atoms with Gasteiger partial charge in [0.25, 0.3) is 0 Å². The van der Waals surface area contributed by atoms with Crippen molar-refractivity contribution in [2.24, 2.45) is 5.73 Å². The van der Waals surface area contributed by atoms with Gasteiger partial charge in [-0.15, -0.1) is 0 Å². The van der Waals surface area contributed by atoms with E-state index in [1.807, 2.05) is 0 Å². The number of nitrogens with two attached hydrogens (primary N) is 1. The minimum absolute atomic E-state index is 0.0869. The van der Waals surface area contributed by atoms with Crippen LogP contribution in [0.1, 0.15) is 25.7 Å². The third-order valence-electron chi connectivity index (χ3n) is 2.75. The normalized spacial score (nSPS) is 25.4. The highest BCUT2D eigenvalue weighted by Crippen LogP contribution is 2.19. The van der Waals surface area contributed by atoms with Crippen LogP contribution in [0.3, 0.4) is 0 Å². The first-order valence-electron chi connectivity index (χ1n) is 5.85. The first kappa shape index (κ1) is 13.4. The van der Waals surface area contributed by atoms with E-state index in [-0.39, 0.29) is 24.7 Å². The molecule has 0 saturated heterocycles. The van der Waals surface area contributed by atoms with Crippen LogP contribution < -0.4 is 11.1 Å². The fraction of sp³-hybridized carbons (Fsp3) is 0.909. The van der Waals surface area contributed by atoms with Crippen LogP contribution in [0.2, 0.25) is 0 Å². The second kappa shape index (κ2) is 7.60. The van der Waals surface area contributed by atoms with Gasteiger partial charge in [0, 0.05) is 19.7 Å². The lowest BCUT2D eigenvalue weighted by Crippen LogP contribution is -2.36. The Balaban J connectivity index is 2.06. The first-order chi connectivity index (χ1) is 7.72. The van der Waals surface area contributed by atoms with E-state index in [0.717, 1.165) is 25.7 Å². The molecular weight excluding hydrogens is 208 g/mol. The third kappa shape index (κ3) is 5.44. The fourth-order valence-corrected chi connectivity index (χ4v) is 1.87. The Morgan fingerprint density at radius 1 is 1.50 bits per heavy atom. The van der Waals surface area contributed by atoms with E-state index in [4.69, 9.17) is 15.2 Å². The average molecular weight is 230 g/mol. The van der Waals surface area contributed by atoms with Crippen molar-refractivity contribution in [1.82, 2.24) is 5.32 Å². The number of ether oxygens (including phenoxy) is 2. The number of rotatable bonds is 6. The summed E-state index contributed by atoms with van der Waals surface area (Å²) in [7, 11) is 1.60. The molecule has 2 unspecified atom stereocenters. The van der Waals surface area contributed by atoms with Crippen LogP contribution in [0, 0.1) is 0 Å². The smallest absolute Gasteiger partial charge is 0.246 e. The van der Waals surface area contributed by atoms with Gasteiger partial charge in [-0.1, -0.05) is 0 Å². The molecule has 0 aliphatic heterocycles. The topological polar surface area (TPSA) is 73.6 Å². The molecule has 5 nitrogen and oxygen atoms in total. The molecule has 1 saturated carbocycles. The molecular formula is C11H22N2O3. The van der Waals surface area contributed by atoms with E-state index in [1.165, 1.54) is 0 Å². The summed E-state index contributed by atoms with van der Waals surface area (Å²) in [6.45, 7) is 1.18. The van der Waals surface area contributed by atoms with E-state index < -0.39 is 0 Å². The predicted molar refractivity (Wildman–Crippen MR) is 61.1 cm³/mol. The quantitative estimate of drug-likeness (QED) is 0.632. The predicted octanol–water partition coefficient (Wildman–Crippen LogP) is 0.0355. The number of hydrogen-bond acceptors (Lipinski definition) is 4. The van der Waals surface area contributed by atoms with Gasteiger partial charge in [0.1, 0.15) is 6.61 Å². The summed E-state index contributed by atoms with van der Waals surface area (Å²) in [5, 5.41) is 2.71. The zero-order valence-electron chi connectivity index (χ0n) is 9.91. The van der Waals surface area contributed by atoms with Gasteiger partial charge >= 0.3 is 0 Å². The van der Waals surface area contributed by atoms with Crippen LogP contribution >= 0.6 is 0 Å². The number of carbonyl (C=O) groups excluding carboxylic acids is 1. The number of carbonyl (C=O) groups is 1. The molecule has 1 aliphatic rings. The van der Waals surface area contributed by atoms with E-state index in [2.05, 4.69) is 5.32 Å². The van der Waals surface area contributed by atoms with Crippen molar-refractivity contribution in [3.8, 4) is 0 Å². The summed E-state index contributed by atoms with van der Waals surface area (Å²) in [6, 6.07) is 0.232. The molecule has 16 heavy (non-hydrogen) atoms. The molecule has 5 heteroatoms. The summed E-state index contributed by atoms with van der Waals surface area (Å²) in [5.74, 6) is -0.0869. The maximum absolute atomic E-state index is 11.3. The highest BCUT2D eigenvalue weighted by Gasteiger charge is 2.20. The highest BCUT2D eigenvalue weighted by molar-refractivity contribution is 5.77. The third-order valence-corrected chi connectivity index (χ3v) is 2.75. The lowest BCUT2D eigenvalue weighted by atomic mass is 9.94. The Hall–Kier alpha value is -0.650. The molecule has 0 radical (unpaired) electrons. The average Bonchev–Trinajstić information content (AvgIpc) is 2.27. The minimum Gasteiger partial charge on any atom is -0.383 e. The van der Waals surface area contributed by atoms with Gasteiger partial charge in [-0.2, -0.15) is 0 Å². The maximum atomic E-state index is 11.3. The molecule has 1 fully saturated rings. The minimum atomic E-state index is -0.0869. The number of nitrogens with one attached hydrogen (secondary N) is 1. The van der Waals surface area contributed by atoms with Crippen LogP contribution in [0.15, 0.2) is 0 Å². The molecule has 0 heterocycles. The van der Waals surface area contributed by atoms with Crippen molar-refractivity contribution < 1.29 is 14.3 Å². The zero-order chi connectivity index (χ0) is 11.8. The van der Waals surface area contributed by atoms with Crippen LogP contribution in [0.5, 0.6) is 0 Å². The van der Waals surface area contributed by atoms with E-state index in [1.54, 1.807) is 7.11 Å². The summed E-state index contributed by atoms with van der Waals surface area (Å²) >= 11 is 0. The van der Waals surface area contributed by atoms with E-state index >= 15 is 0 Å². The zero-order valence-corrected chi connectivity index (χ0v) is 9.91. The van der Waals surface area contributed by atoms with Gasteiger partial charge < -0.3 is 20.5 Å². The number of methoxy groups -OCH3 is 1. The second-order valence-corrected chi connectivity index (χ2v) is 4.20. The standard InChI is InChI=1S/C11H22N2O3/c1-15-6-5-13-11(14)8-16-10-4-2-3-9(12)7-10/h9-10H,2-8,12H2,1H3,(H,13,14). The van der Waals surface area contributed by atoms with Crippen LogP contribution in [-0.4, -0.2) is 44.9 Å². The Morgan fingerprint density at radius 3 is 3.00 bits per heavy atom. The van der Waals surface area contributed by atoms with Crippen molar-refractivity contribution in [3.05, 3.63) is 0 Å². The second-order valence-electron chi connectivity index (χ2n) is 4.20. The van der Waals surface area contributed by atoms with Crippen molar-refractivity contribution in [2.45, 2.75) is 37.8 Å².